The summed E-state index contributed by atoms with van der Waals surface area (Å²) in [7, 11) is 0. The summed E-state index contributed by atoms with van der Waals surface area (Å²) in [5, 5.41) is 9.21. The van der Waals surface area contributed by atoms with E-state index in [9.17, 15) is 9.59 Å². The molecule has 0 aliphatic carbocycles. The molecule has 1 aliphatic rings. The van der Waals surface area contributed by atoms with Gasteiger partial charge in [-0.25, -0.2) is 4.98 Å². The molecule has 1 unspecified atom stereocenters. The smallest absolute Gasteiger partial charge is 0.308 e. The number of likely N-dealkylation sites (tertiary alicyclic amines) is 1. The van der Waals surface area contributed by atoms with Gasteiger partial charge in [-0.3, -0.25) is 9.59 Å². The maximum Gasteiger partial charge on any atom is 0.308 e. The Hall–Kier alpha value is -1.82. The van der Waals surface area contributed by atoms with E-state index in [4.69, 9.17) is 21.4 Å². The van der Waals surface area contributed by atoms with E-state index in [1.165, 1.54) is 17.2 Å². The Morgan fingerprint density at radius 2 is 2.35 bits per heavy atom. The van der Waals surface area contributed by atoms with Gasteiger partial charge in [-0.15, -0.1) is 0 Å². The van der Waals surface area contributed by atoms with Crippen molar-refractivity contribution in [1.82, 2.24) is 9.88 Å². The molecular weight excluding hydrogens is 284 g/mol. The maximum atomic E-state index is 12.2. The highest BCUT2D eigenvalue weighted by Gasteiger charge is 2.31. The fourth-order valence-corrected chi connectivity index (χ4v) is 2.34. The third kappa shape index (κ3) is 3.01. The summed E-state index contributed by atoms with van der Waals surface area (Å²) >= 11 is 5.99. The van der Waals surface area contributed by atoms with Crippen LogP contribution < -0.4 is 4.74 Å². The third-order valence-corrected chi connectivity index (χ3v) is 3.43. The van der Waals surface area contributed by atoms with E-state index in [2.05, 4.69) is 4.98 Å². The number of aromatic nitrogens is 1. The third-order valence-electron chi connectivity index (χ3n) is 3.16. The number of ether oxygens (including phenoxy) is 1. The second-order valence-electron chi connectivity index (χ2n) is 4.52. The number of carbonyl (C=O) groups excluding carboxylic acids is 1. The van der Waals surface area contributed by atoms with Crippen molar-refractivity contribution in [3.63, 3.8) is 0 Å². The van der Waals surface area contributed by atoms with Gasteiger partial charge in [0.2, 0.25) is 5.88 Å². The van der Waals surface area contributed by atoms with Crippen molar-refractivity contribution in [2.45, 2.75) is 13.3 Å². The van der Waals surface area contributed by atoms with Crippen LogP contribution >= 0.6 is 11.6 Å². The minimum Gasteiger partial charge on any atom is -0.481 e. The largest absolute Gasteiger partial charge is 0.481 e. The number of halogens is 1. The predicted molar refractivity (Wildman–Crippen MR) is 72.1 cm³/mol. The zero-order valence-corrected chi connectivity index (χ0v) is 11.8. The number of amides is 1. The Bertz CT molecular complexity index is 535. The number of nitrogens with zero attached hydrogens (tertiary/aromatic N) is 2. The van der Waals surface area contributed by atoms with Crippen LogP contribution in [0.2, 0.25) is 5.02 Å². The Labute approximate surface area is 121 Å². The summed E-state index contributed by atoms with van der Waals surface area (Å²) in [6.07, 6.45) is 1.87. The molecule has 1 aliphatic heterocycles. The van der Waals surface area contributed by atoms with Crippen molar-refractivity contribution in [2.75, 3.05) is 19.7 Å². The Morgan fingerprint density at radius 3 is 2.90 bits per heavy atom. The Balaban J connectivity index is 2.10. The van der Waals surface area contributed by atoms with Crippen molar-refractivity contribution in [3.8, 4) is 5.88 Å². The highest BCUT2D eigenvalue weighted by Crippen LogP contribution is 2.24. The van der Waals surface area contributed by atoms with Gasteiger partial charge < -0.3 is 14.7 Å². The van der Waals surface area contributed by atoms with Gasteiger partial charge in [0.1, 0.15) is 5.02 Å². The van der Waals surface area contributed by atoms with E-state index in [0.717, 1.165) is 0 Å². The maximum absolute atomic E-state index is 12.2. The SMILES string of the molecule is CCOc1ncc(C(=O)N2CCC(C(=O)O)C2)cc1Cl. The Morgan fingerprint density at radius 1 is 1.60 bits per heavy atom. The van der Waals surface area contributed by atoms with Gasteiger partial charge in [0, 0.05) is 19.3 Å². The average molecular weight is 299 g/mol. The summed E-state index contributed by atoms with van der Waals surface area (Å²) < 4.78 is 5.20. The fraction of sp³-hybridized carbons (Fsp3) is 0.462. The topological polar surface area (TPSA) is 79.7 Å². The first-order valence-electron chi connectivity index (χ1n) is 6.33. The molecule has 1 N–H and O–H groups in total. The summed E-state index contributed by atoms with van der Waals surface area (Å²) in [4.78, 5) is 28.6. The molecule has 0 aromatic carbocycles. The molecule has 0 radical (unpaired) electrons. The van der Waals surface area contributed by atoms with Crippen LogP contribution in [0.25, 0.3) is 0 Å². The molecule has 1 fully saturated rings. The van der Waals surface area contributed by atoms with E-state index in [-0.39, 0.29) is 23.4 Å². The molecular formula is C13H15ClN2O4. The van der Waals surface area contributed by atoms with Crippen LogP contribution in [0.15, 0.2) is 12.3 Å². The molecule has 2 heterocycles. The average Bonchev–Trinajstić information content (AvgIpc) is 2.90. The molecule has 6 nitrogen and oxygen atoms in total. The summed E-state index contributed by atoms with van der Waals surface area (Å²) in [6, 6.07) is 1.50. The van der Waals surface area contributed by atoms with Crippen LogP contribution in [-0.4, -0.2) is 46.6 Å². The first-order chi connectivity index (χ1) is 9.52. The van der Waals surface area contributed by atoms with Gasteiger partial charge in [0.15, 0.2) is 0 Å². The van der Waals surface area contributed by atoms with Crippen molar-refractivity contribution < 1.29 is 19.4 Å². The quantitative estimate of drug-likeness (QED) is 0.915. The molecule has 1 atom stereocenters. The van der Waals surface area contributed by atoms with Gasteiger partial charge >= 0.3 is 5.97 Å². The lowest BCUT2D eigenvalue weighted by molar-refractivity contribution is -0.141. The van der Waals surface area contributed by atoms with Crippen molar-refractivity contribution in [1.29, 1.82) is 0 Å². The number of hydrogen-bond acceptors (Lipinski definition) is 4. The van der Waals surface area contributed by atoms with Gasteiger partial charge in [-0.2, -0.15) is 0 Å². The molecule has 0 saturated carbocycles. The molecule has 1 saturated heterocycles. The van der Waals surface area contributed by atoms with Crippen LogP contribution in [0, 0.1) is 5.92 Å². The zero-order chi connectivity index (χ0) is 14.7. The Kier molecular flexibility index (Phi) is 4.44. The van der Waals surface area contributed by atoms with E-state index < -0.39 is 11.9 Å². The van der Waals surface area contributed by atoms with Crippen molar-refractivity contribution in [3.05, 3.63) is 22.8 Å². The van der Waals surface area contributed by atoms with Crippen molar-refractivity contribution in [2.24, 2.45) is 5.92 Å². The highest BCUT2D eigenvalue weighted by atomic mass is 35.5. The minimum absolute atomic E-state index is 0.221. The van der Waals surface area contributed by atoms with E-state index >= 15 is 0 Å². The molecule has 1 amide bonds. The molecule has 20 heavy (non-hydrogen) atoms. The number of aliphatic carboxylic acids is 1. The second kappa shape index (κ2) is 6.09. The molecule has 108 valence electrons. The number of carbonyl (C=O) groups is 2. The van der Waals surface area contributed by atoms with Crippen LogP contribution in [0.5, 0.6) is 5.88 Å². The van der Waals surface area contributed by atoms with Crippen LogP contribution in [0.4, 0.5) is 0 Å². The summed E-state index contributed by atoms with van der Waals surface area (Å²) in [5.41, 5.74) is 0.337. The molecule has 2 rings (SSSR count). The monoisotopic (exact) mass is 298 g/mol. The fourth-order valence-electron chi connectivity index (χ4n) is 2.11. The first-order valence-corrected chi connectivity index (χ1v) is 6.71. The standard InChI is InChI=1S/C13H15ClN2O4/c1-2-20-11-10(14)5-9(6-15-11)12(17)16-4-3-8(7-16)13(18)19/h5-6,8H,2-4,7H2,1H3,(H,18,19). The number of carboxylic acids is 1. The summed E-state index contributed by atoms with van der Waals surface area (Å²) in [5.74, 6) is -1.34. The number of carboxylic acid groups (broad SMARTS) is 1. The van der Waals surface area contributed by atoms with Gasteiger partial charge in [-0.1, -0.05) is 11.6 Å². The molecule has 0 bridgehead atoms. The van der Waals surface area contributed by atoms with Gasteiger partial charge in [0.05, 0.1) is 18.1 Å². The lowest BCUT2D eigenvalue weighted by Gasteiger charge is -2.16. The lowest BCUT2D eigenvalue weighted by atomic mass is 10.1. The molecule has 1 aromatic rings. The number of pyridine rings is 1. The van der Waals surface area contributed by atoms with E-state index in [1.54, 1.807) is 0 Å². The summed E-state index contributed by atoms with van der Waals surface area (Å²) in [6.45, 7) is 2.90. The highest BCUT2D eigenvalue weighted by molar-refractivity contribution is 6.32. The van der Waals surface area contributed by atoms with Crippen LogP contribution in [-0.2, 0) is 4.79 Å². The molecule has 0 spiro atoms. The minimum atomic E-state index is -0.872. The van der Waals surface area contributed by atoms with E-state index in [0.29, 0.717) is 25.1 Å². The molecule has 7 heteroatoms. The van der Waals surface area contributed by atoms with Crippen LogP contribution in [0.3, 0.4) is 0 Å². The lowest BCUT2D eigenvalue weighted by Crippen LogP contribution is -2.30. The van der Waals surface area contributed by atoms with Gasteiger partial charge in [-0.05, 0) is 19.4 Å². The molecule has 1 aromatic heterocycles. The number of hydrogen-bond donors (Lipinski definition) is 1. The predicted octanol–water partition coefficient (Wildman–Crippen LogP) is 1.68. The van der Waals surface area contributed by atoms with Crippen LogP contribution in [0.1, 0.15) is 23.7 Å². The first kappa shape index (κ1) is 14.6. The number of rotatable bonds is 4. The second-order valence-corrected chi connectivity index (χ2v) is 4.93. The van der Waals surface area contributed by atoms with Gasteiger partial charge in [0.25, 0.3) is 5.91 Å². The zero-order valence-electron chi connectivity index (χ0n) is 11.0. The van der Waals surface area contributed by atoms with Crippen molar-refractivity contribution >= 4 is 23.5 Å². The van der Waals surface area contributed by atoms with E-state index in [1.807, 2.05) is 6.92 Å². The normalized spacial score (nSPS) is 18.1.